The van der Waals surface area contributed by atoms with Gasteiger partial charge in [-0.1, -0.05) is 11.6 Å². The fourth-order valence-corrected chi connectivity index (χ4v) is 2.85. The number of hydrogen-bond acceptors (Lipinski definition) is 5. The topological polar surface area (TPSA) is 73.9 Å². The number of carbonyl (C=O) groups is 2. The molecular formula is C19H18ClNO5. The molecule has 1 N–H and O–H groups in total. The minimum absolute atomic E-state index is 0.00573. The molecule has 1 aliphatic rings. The number of benzene rings is 2. The number of ether oxygens (including phenoxy) is 3. The number of carbonyl (C=O) groups excluding carboxylic acids is 2. The monoisotopic (exact) mass is 375 g/mol. The Balaban J connectivity index is 1.53. The van der Waals surface area contributed by atoms with E-state index in [9.17, 15) is 9.59 Å². The molecule has 2 aromatic carbocycles. The number of esters is 1. The summed E-state index contributed by atoms with van der Waals surface area (Å²) in [5.41, 5.74) is 2.45. The summed E-state index contributed by atoms with van der Waals surface area (Å²) in [4.78, 5) is 23.3. The Labute approximate surface area is 156 Å². The van der Waals surface area contributed by atoms with Crippen molar-refractivity contribution in [3.05, 3.63) is 52.5 Å². The van der Waals surface area contributed by atoms with Crippen LogP contribution in [0.4, 0.5) is 5.69 Å². The highest BCUT2D eigenvalue weighted by atomic mass is 35.5. The van der Waals surface area contributed by atoms with E-state index < -0.39 is 5.97 Å². The lowest BCUT2D eigenvalue weighted by molar-refractivity contribution is -0.147. The number of methoxy groups -OCH3 is 1. The average Bonchev–Trinajstić information content (AvgIpc) is 2.64. The van der Waals surface area contributed by atoms with Crippen molar-refractivity contribution in [1.82, 2.24) is 0 Å². The van der Waals surface area contributed by atoms with Gasteiger partial charge in [-0.05, 0) is 48.4 Å². The Hall–Kier alpha value is -2.73. The van der Waals surface area contributed by atoms with Gasteiger partial charge in [0.15, 0.2) is 6.61 Å². The molecule has 0 saturated heterocycles. The van der Waals surface area contributed by atoms with Crippen molar-refractivity contribution in [2.24, 2.45) is 0 Å². The highest BCUT2D eigenvalue weighted by Gasteiger charge is 2.15. The molecule has 1 amide bonds. The van der Waals surface area contributed by atoms with Crippen LogP contribution in [0.25, 0.3) is 0 Å². The zero-order valence-corrected chi connectivity index (χ0v) is 15.0. The molecule has 0 spiro atoms. The Bertz CT molecular complexity index is 837. The van der Waals surface area contributed by atoms with Gasteiger partial charge in [-0.3, -0.25) is 4.79 Å². The number of halogens is 1. The van der Waals surface area contributed by atoms with Crippen molar-refractivity contribution < 1.29 is 23.8 Å². The van der Waals surface area contributed by atoms with Gasteiger partial charge >= 0.3 is 5.97 Å². The number of hydrogen-bond donors (Lipinski definition) is 1. The van der Waals surface area contributed by atoms with Crippen molar-refractivity contribution in [1.29, 1.82) is 0 Å². The third-order valence-corrected chi connectivity index (χ3v) is 4.20. The Morgan fingerprint density at radius 1 is 1.19 bits per heavy atom. The van der Waals surface area contributed by atoms with E-state index >= 15 is 0 Å². The zero-order valence-electron chi connectivity index (χ0n) is 14.2. The first-order chi connectivity index (χ1) is 12.5. The molecule has 0 unspecified atom stereocenters. The first-order valence-electron chi connectivity index (χ1n) is 8.09. The standard InChI is InChI=1S/C19H18ClNO5/c1-24-17-6-3-14(20)8-13(17)10-26-19(23)11-25-15-4-5-16-12(9-15)2-7-18(22)21-16/h3-6,8-9H,2,7,10-11H2,1H3,(H,21,22). The maximum Gasteiger partial charge on any atom is 0.344 e. The Morgan fingerprint density at radius 2 is 2.04 bits per heavy atom. The third kappa shape index (κ3) is 4.46. The molecule has 7 heteroatoms. The largest absolute Gasteiger partial charge is 0.496 e. The van der Waals surface area contributed by atoms with E-state index in [0.29, 0.717) is 34.9 Å². The maximum absolute atomic E-state index is 11.9. The highest BCUT2D eigenvalue weighted by molar-refractivity contribution is 6.30. The molecule has 0 radical (unpaired) electrons. The third-order valence-electron chi connectivity index (χ3n) is 3.96. The van der Waals surface area contributed by atoms with Gasteiger partial charge in [0.1, 0.15) is 18.1 Å². The van der Waals surface area contributed by atoms with Gasteiger partial charge in [0, 0.05) is 22.7 Å². The molecule has 0 bridgehead atoms. The second-order valence-corrected chi connectivity index (χ2v) is 6.21. The fraction of sp³-hybridized carbons (Fsp3) is 0.263. The highest BCUT2D eigenvalue weighted by Crippen LogP contribution is 2.27. The second kappa shape index (κ2) is 8.10. The van der Waals surface area contributed by atoms with E-state index in [1.165, 1.54) is 7.11 Å². The smallest absolute Gasteiger partial charge is 0.344 e. The number of anilines is 1. The molecule has 1 heterocycles. The molecule has 136 valence electrons. The minimum Gasteiger partial charge on any atom is -0.496 e. The van der Waals surface area contributed by atoms with Crippen LogP contribution in [0.1, 0.15) is 17.5 Å². The number of nitrogens with one attached hydrogen (secondary N) is 1. The van der Waals surface area contributed by atoms with Crippen LogP contribution >= 0.6 is 11.6 Å². The first kappa shape index (κ1) is 18.1. The van der Waals surface area contributed by atoms with Crippen LogP contribution in [0, 0.1) is 0 Å². The van der Waals surface area contributed by atoms with Crippen molar-refractivity contribution in [2.45, 2.75) is 19.4 Å². The molecule has 6 nitrogen and oxygen atoms in total. The van der Waals surface area contributed by atoms with E-state index in [2.05, 4.69) is 5.32 Å². The molecule has 0 fully saturated rings. The number of fused-ring (bicyclic) bond motifs is 1. The molecule has 0 aliphatic carbocycles. The van der Waals surface area contributed by atoms with E-state index in [1.807, 2.05) is 6.07 Å². The number of aryl methyl sites for hydroxylation is 1. The second-order valence-electron chi connectivity index (χ2n) is 5.77. The molecule has 2 aromatic rings. The Morgan fingerprint density at radius 3 is 2.85 bits per heavy atom. The lowest BCUT2D eigenvalue weighted by Crippen LogP contribution is -2.19. The van der Waals surface area contributed by atoms with Gasteiger partial charge in [-0.2, -0.15) is 0 Å². The van der Waals surface area contributed by atoms with Gasteiger partial charge in [0.2, 0.25) is 5.91 Å². The molecule has 26 heavy (non-hydrogen) atoms. The van der Waals surface area contributed by atoms with Crippen molar-refractivity contribution in [3.63, 3.8) is 0 Å². The van der Waals surface area contributed by atoms with Crippen LogP contribution < -0.4 is 14.8 Å². The minimum atomic E-state index is -0.502. The molecule has 0 aromatic heterocycles. The van der Waals surface area contributed by atoms with E-state index in [0.717, 1.165) is 11.3 Å². The number of rotatable bonds is 6. The summed E-state index contributed by atoms with van der Waals surface area (Å²) in [6.45, 7) is -0.170. The van der Waals surface area contributed by atoms with Crippen LogP contribution in [0.5, 0.6) is 11.5 Å². The predicted molar refractivity (Wildman–Crippen MR) is 96.7 cm³/mol. The van der Waals surface area contributed by atoms with Gasteiger partial charge < -0.3 is 19.5 Å². The molecule has 0 atom stereocenters. The summed E-state index contributed by atoms with van der Waals surface area (Å²) in [6, 6.07) is 10.4. The normalized spacial score (nSPS) is 12.8. The summed E-state index contributed by atoms with van der Waals surface area (Å²) in [5.74, 6) is 0.654. The molecular weight excluding hydrogens is 358 g/mol. The van der Waals surface area contributed by atoms with Gasteiger partial charge in [-0.25, -0.2) is 4.79 Å². The van der Waals surface area contributed by atoms with Gasteiger partial charge in [0.25, 0.3) is 0 Å². The summed E-state index contributed by atoms with van der Waals surface area (Å²) in [7, 11) is 1.54. The summed E-state index contributed by atoms with van der Waals surface area (Å²) < 4.78 is 15.9. The van der Waals surface area contributed by atoms with Crippen LogP contribution in [-0.4, -0.2) is 25.6 Å². The van der Waals surface area contributed by atoms with Crippen molar-refractivity contribution >= 4 is 29.2 Å². The van der Waals surface area contributed by atoms with E-state index in [4.69, 9.17) is 25.8 Å². The Kier molecular flexibility index (Phi) is 5.63. The lowest BCUT2D eigenvalue weighted by atomic mass is 10.0. The maximum atomic E-state index is 11.9. The average molecular weight is 376 g/mol. The van der Waals surface area contributed by atoms with Crippen molar-refractivity contribution in [2.75, 3.05) is 19.0 Å². The van der Waals surface area contributed by atoms with Crippen molar-refractivity contribution in [3.8, 4) is 11.5 Å². The molecule has 0 saturated carbocycles. The van der Waals surface area contributed by atoms with Crippen LogP contribution in [0.15, 0.2) is 36.4 Å². The summed E-state index contributed by atoms with van der Waals surface area (Å²) in [5, 5.41) is 3.33. The van der Waals surface area contributed by atoms with Gasteiger partial charge in [0.05, 0.1) is 7.11 Å². The van der Waals surface area contributed by atoms with Gasteiger partial charge in [-0.15, -0.1) is 0 Å². The predicted octanol–water partition coefficient (Wildman–Crippen LogP) is 3.36. The fourth-order valence-electron chi connectivity index (χ4n) is 2.65. The lowest BCUT2D eigenvalue weighted by Gasteiger charge is -2.17. The summed E-state index contributed by atoms with van der Waals surface area (Å²) in [6.07, 6.45) is 1.09. The van der Waals surface area contributed by atoms with E-state index in [-0.39, 0.29) is 19.1 Å². The van der Waals surface area contributed by atoms with Crippen LogP contribution in [-0.2, 0) is 27.4 Å². The van der Waals surface area contributed by atoms with Crippen LogP contribution in [0.3, 0.4) is 0 Å². The van der Waals surface area contributed by atoms with E-state index in [1.54, 1.807) is 30.3 Å². The first-order valence-corrected chi connectivity index (χ1v) is 8.46. The zero-order chi connectivity index (χ0) is 18.5. The molecule has 1 aliphatic heterocycles. The SMILES string of the molecule is COc1ccc(Cl)cc1COC(=O)COc1ccc2c(c1)CCC(=O)N2. The van der Waals surface area contributed by atoms with Crippen LogP contribution in [0.2, 0.25) is 5.02 Å². The summed E-state index contributed by atoms with van der Waals surface area (Å²) >= 11 is 5.95. The quantitative estimate of drug-likeness (QED) is 0.784. The molecule has 3 rings (SSSR count). The number of amides is 1.